The Hall–Kier alpha value is -2.44. The minimum atomic E-state index is -0.988. The van der Waals surface area contributed by atoms with E-state index in [4.69, 9.17) is 0 Å². The molecular formula is C26H36N4O2. The van der Waals surface area contributed by atoms with Crippen molar-refractivity contribution in [3.05, 3.63) is 53.9 Å². The van der Waals surface area contributed by atoms with Gasteiger partial charge in [-0.3, -0.25) is 14.7 Å². The molecule has 0 saturated carbocycles. The van der Waals surface area contributed by atoms with Gasteiger partial charge in [-0.1, -0.05) is 18.2 Å². The molecule has 0 radical (unpaired) electrons. The number of rotatable bonds is 5. The van der Waals surface area contributed by atoms with Crippen LogP contribution in [0.4, 0.5) is 11.4 Å². The van der Waals surface area contributed by atoms with Crippen LogP contribution in [-0.2, 0) is 16.8 Å². The number of carbonyl (C=O) groups excluding carboxylic acids is 1. The van der Waals surface area contributed by atoms with Crippen molar-refractivity contribution < 1.29 is 9.90 Å². The fourth-order valence-corrected chi connectivity index (χ4v) is 4.95. The first-order chi connectivity index (χ1) is 15.1. The lowest BCUT2D eigenvalue weighted by Crippen LogP contribution is -2.55. The Kier molecular flexibility index (Phi) is 6.28. The van der Waals surface area contributed by atoms with Crippen molar-refractivity contribution in [2.45, 2.75) is 58.2 Å². The second kappa shape index (κ2) is 8.83. The maximum absolute atomic E-state index is 13.3. The van der Waals surface area contributed by atoms with E-state index < -0.39 is 5.60 Å². The van der Waals surface area contributed by atoms with E-state index >= 15 is 0 Å². The van der Waals surface area contributed by atoms with Crippen LogP contribution in [0.25, 0.3) is 0 Å². The second-order valence-electron chi connectivity index (χ2n) is 10.0. The number of hydrogen-bond donors (Lipinski definition) is 1. The Balaban J connectivity index is 1.48. The van der Waals surface area contributed by atoms with Crippen LogP contribution < -0.4 is 9.80 Å². The summed E-state index contributed by atoms with van der Waals surface area (Å²) < 4.78 is 0. The average molecular weight is 437 g/mol. The van der Waals surface area contributed by atoms with E-state index in [-0.39, 0.29) is 11.8 Å². The van der Waals surface area contributed by atoms with Gasteiger partial charge in [-0.15, -0.1) is 0 Å². The Labute approximate surface area is 191 Å². The summed E-state index contributed by atoms with van der Waals surface area (Å²) >= 11 is 0. The Bertz CT molecular complexity index is 941. The fourth-order valence-electron chi connectivity index (χ4n) is 4.95. The molecule has 2 fully saturated rings. The van der Waals surface area contributed by atoms with Crippen molar-refractivity contribution in [2.75, 3.05) is 36.5 Å². The summed E-state index contributed by atoms with van der Waals surface area (Å²) in [5.74, 6) is 0.144. The third-order valence-electron chi connectivity index (χ3n) is 7.16. The van der Waals surface area contributed by atoms with Crippen LogP contribution >= 0.6 is 0 Å². The number of benzene rings is 1. The van der Waals surface area contributed by atoms with Gasteiger partial charge in [0.1, 0.15) is 5.60 Å². The fraction of sp³-hybridized carbons (Fsp3) is 0.538. The number of piperazine rings is 1. The number of hydrogen-bond acceptors (Lipinski definition) is 5. The summed E-state index contributed by atoms with van der Waals surface area (Å²) in [4.78, 5) is 24.4. The summed E-state index contributed by atoms with van der Waals surface area (Å²) in [6, 6.07) is 13.3. The van der Waals surface area contributed by atoms with Crippen molar-refractivity contribution >= 4 is 17.3 Å². The molecule has 32 heavy (non-hydrogen) atoms. The summed E-state index contributed by atoms with van der Waals surface area (Å²) in [5.41, 5.74) is 2.95. The zero-order chi connectivity index (χ0) is 23.0. The highest BCUT2D eigenvalue weighted by atomic mass is 16.3. The Morgan fingerprint density at radius 1 is 1.09 bits per heavy atom. The average Bonchev–Trinajstić information content (AvgIpc) is 3.11. The molecule has 2 saturated heterocycles. The predicted molar refractivity (Wildman–Crippen MR) is 129 cm³/mol. The normalized spacial score (nSPS) is 24.9. The van der Waals surface area contributed by atoms with Gasteiger partial charge in [0, 0.05) is 43.3 Å². The Morgan fingerprint density at radius 2 is 1.78 bits per heavy atom. The molecule has 0 spiro atoms. The number of pyridine rings is 1. The van der Waals surface area contributed by atoms with E-state index in [9.17, 15) is 9.90 Å². The van der Waals surface area contributed by atoms with Gasteiger partial charge in [-0.25, -0.2) is 0 Å². The third kappa shape index (κ3) is 4.52. The quantitative estimate of drug-likeness (QED) is 0.778. The van der Waals surface area contributed by atoms with Crippen LogP contribution in [0, 0.1) is 5.92 Å². The lowest BCUT2D eigenvalue weighted by molar-refractivity contribution is -0.120. The SMILES string of the molecule is C[C@@H]1CN(c2ccccc2C[C@H]2CCN(c3ccc(C(C)(C)O)nc3)C2=O)C[C@H](C)N1C. The number of aliphatic hydroxyl groups is 1. The highest BCUT2D eigenvalue weighted by Crippen LogP contribution is 2.32. The molecule has 3 heterocycles. The van der Waals surface area contributed by atoms with Gasteiger partial charge in [-0.05, 0) is 71.3 Å². The molecule has 1 amide bonds. The molecule has 172 valence electrons. The zero-order valence-corrected chi connectivity index (χ0v) is 20.0. The molecule has 0 unspecified atom stereocenters. The monoisotopic (exact) mass is 436 g/mol. The molecule has 2 aliphatic heterocycles. The second-order valence-corrected chi connectivity index (χ2v) is 10.0. The maximum atomic E-state index is 13.3. The number of nitrogens with zero attached hydrogens (tertiary/aromatic N) is 4. The van der Waals surface area contributed by atoms with E-state index in [1.54, 1.807) is 26.1 Å². The van der Waals surface area contributed by atoms with Crippen molar-refractivity contribution in [1.29, 1.82) is 0 Å². The molecule has 0 aliphatic carbocycles. The van der Waals surface area contributed by atoms with E-state index in [1.165, 1.54) is 11.3 Å². The van der Waals surface area contributed by atoms with Gasteiger partial charge in [0.05, 0.1) is 17.6 Å². The topological polar surface area (TPSA) is 59.9 Å². The summed E-state index contributed by atoms with van der Waals surface area (Å²) in [6.07, 6.45) is 3.31. The lowest BCUT2D eigenvalue weighted by Gasteiger charge is -2.44. The molecule has 1 aromatic heterocycles. The smallest absolute Gasteiger partial charge is 0.230 e. The first kappa shape index (κ1) is 22.7. The van der Waals surface area contributed by atoms with E-state index in [0.29, 0.717) is 24.3 Å². The molecule has 1 N–H and O–H groups in total. The molecule has 2 aromatic rings. The summed E-state index contributed by atoms with van der Waals surface area (Å²) in [7, 11) is 2.20. The van der Waals surface area contributed by atoms with Gasteiger partial charge in [0.25, 0.3) is 0 Å². The zero-order valence-electron chi connectivity index (χ0n) is 20.0. The third-order valence-corrected chi connectivity index (χ3v) is 7.16. The number of amides is 1. The summed E-state index contributed by atoms with van der Waals surface area (Å²) in [6.45, 7) is 10.7. The van der Waals surface area contributed by atoms with Crippen LogP contribution in [0.5, 0.6) is 0 Å². The largest absolute Gasteiger partial charge is 0.384 e. The number of likely N-dealkylation sites (N-methyl/N-ethyl adjacent to an activating group) is 1. The highest BCUT2D eigenvalue weighted by molar-refractivity contribution is 5.97. The van der Waals surface area contributed by atoms with Crippen molar-refractivity contribution in [1.82, 2.24) is 9.88 Å². The van der Waals surface area contributed by atoms with Crippen molar-refractivity contribution in [3.63, 3.8) is 0 Å². The minimum Gasteiger partial charge on any atom is -0.384 e. The highest BCUT2D eigenvalue weighted by Gasteiger charge is 2.34. The van der Waals surface area contributed by atoms with Crippen LogP contribution in [0.2, 0.25) is 0 Å². The van der Waals surface area contributed by atoms with Crippen LogP contribution in [-0.4, -0.2) is 59.7 Å². The van der Waals surface area contributed by atoms with Crippen molar-refractivity contribution in [3.8, 4) is 0 Å². The number of anilines is 2. The predicted octanol–water partition coefficient (Wildman–Crippen LogP) is 3.43. The first-order valence-corrected chi connectivity index (χ1v) is 11.7. The molecule has 1 aromatic carbocycles. The van der Waals surface area contributed by atoms with Crippen LogP contribution in [0.1, 0.15) is 45.4 Å². The van der Waals surface area contributed by atoms with Gasteiger partial charge in [0.2, 0.25) is 5.91 Å². The number of carbonyl (C=O) groups is 1. The van der Waals surface area contributed by atoms with E-state index in [2.05, 4.69) is 59.9 Å². The minimum absolute atomic E-state index is 0.0209. The molecule has 0 bridgehead atoms. The Morgan fingerprint density at radius 3 is 2.41 bits per heavy atom. The summed E-state index contributed by atoms with van der Waals surface area (Å²) in [5, 5.41) is 10.1. The first-order valence-electron chi connectivity index (χ1n) is 11.7. The molecule has 4 rings (SSSR count). The van der Waals surface area contributed by atoms with Gasteiger partial charge >= 0.3 is 0 Å². The van der Waals surface area contributed by atoms with Gasteiger partial charge in [0.15, 0.2) is 0 Å². The van der Waals surface area contributed by atoms with Crippen LogP contribution in [0.3, 0.4) is 0 Å². The molecule has 3 atom stereocenters. The number of aromatic nitrogens is 1. The molecule has 2 aliphatic rings. The van der Waals surface area contributed by atoms with Gasteiger partial charge < -0.3 is 14.9 Å². The van der Waals surface area contributed by atoms with Gasteiger partial charge in [-0.2, -0.15) is 0 Å². The molecule has 6 nitrogen and oxygen atoms in total. The standard InChI is InChI=1S/C26H36N4O2/c1-18-16-29(17-19(2)28(18)5)23-9-7-6-8-20(23)14-21-12-13-30(25(21)31)22-10-11-24(27-15-22)26(3,4)32/h6-11,15,18-19,21,32H,12-14,16-17H2,1-5H3/t18-,19+,21-/m1/s1. The van der Waals surface area contributed by atoms with Crippen molar-refractivity contribution in [2.24, 2.45) is 5.92 Å². The maximum Gasteiger partial charge on any atom is 0.230 e. The van der Waals surface area contributed by atoms with E-state index in [1.807, 2.05) is 11.0 Å². The lowest BCUT2D eigenvalue weighted by atomic mass is 9.95. The van der Waals surface area contributed by atoms with E-state index in [0.717, 1.165) is 31.6 Å². The molecule has 6 heteroatoms. The van der Waals surface area contributed by atoms with Crippen LogP contribution in [0.15, 0.2) is 42.6 Å². The molecular weight excluding hydrogens is 400 g/mol. The number of para-hydroxylation sites is 1.